The number of rotatable bonds is 2. The lowest BCUT2D eigenvalue weighted by Crippen LogP contribution is -2.56. The Bertz CT molecular complexity index is 393. The number of halogens is 1. The lowest BCUT2D eigenvalue weighted by Gasteiger charge is -2.40. The van der Waals surface area contributed by atoms with Gasteiger partial charge in [0.05, 0.1) is 6.07 Å². The molecule has 0 saturated carbocycles. The van der Waals surface area contributed by atoms with E-state index in [1.165, 1.54) is 0 Å². The first-order valence-corrected chi connectivity index (χ1v) is 5.24. The number of hydrogen-bond acceptors (Lipinski definition) is 3. The number of nitriles is 1. The highest BCUT2D eigenvalue weighted by Gasteiger charge is 2.31. The third-order valence-corrected chi connectivity index (χ3v) is 2.97. The molecule has 0 radical (unpaired) electrons. The van der Waals surface area contributed by atoms with Gasteiger partial charge in [-0.15, -0.1) is 0 Å². The fourth-order valence-electron chi connectivity index (χ4n) is 1.80. The Labute approximate surface area is 94.0 Å². The van der Waals surface area contributed by atoms with Crippen LogP contribution in [0, 0.1) is 11.3 Å². The van der Waals surface area contributed by atoms with Gasteiger partial charge in [0, 0.05) is 29.7 Å². The molecule has 4 heteroatoms. The molecule has 1 aliphatic rings. The molecule has 1 aliphatic heterocycles. The summed E-state index contributed by atoms with van der Waals surface area (Å²) in [5.41, 5.74) is 6.56. The van der Waals surface area contributed by atoms with Crippen LogP contribution < -0.4 is 5.73 Å². The maximum absolute atomic E-state index is 9.13. The first kappa shape index (κ1) is 10.4. The number of likely N-dealkylation sites (tertiary alicyclic amines) is 1. The first-order valence-electron chi connectivity index (χ1n) is 4.86. The lowest BCUT2D eigenvalue weighted by molar-refractivity contribution is 0.121. The standard InChI is InChI=1S/C11H12ClN3/c12-10-4-2-1-3-9(10)11(5-13)15-6-8(14)7-15/h1-4,8,11H,6-7,14H2/t11-/m0/s1. The van der Waals surface area contributed by atoms with Crippen LogP contribution in [0.2, 0.25) is 5.02 Å². The topological polar surface area (TPSA) is 53.0 Å². The molecular formula is C11H12ClN3. The second kappa shape index (κ2) is 4.19. The van der Waals surface area contributed by atoms with Gasteiger partial charge in [-0.25, -0.2) is 0 Å². The van der Waals surface area contributed by atoms with Crippen molar-refractivity contribution < 1.29 is 0 Å². The molecule has 0 spiro atoms. The van der Waals surface area contributed by atoms with E-state index in [2.05, 4.69) is 6.07 Å². The van der Waals surface area contributed by atoms with Gasteiger partial charge in [0.2, 0.25) is 0 Å². The Morgan fingerprint density at radius 3 is 2.67 bits per heavy atom. The highest BCUT2D eigenvalue weighted by molar-refractivity contribution is 6.31. The molecule has 2 rings (SSSR count). The predicted molar refractivity (Wildman–Crippen MR) is 59.4 cm³/mol. The second-order valence-corrected chi connectivity index (χ2v) is 4.17. The summed E-state index contributed by atoms with van der Waals surface area (Å²) in [5, 5.41) is 9.78. The van der Waals surface area contributed by atoms with Gasteiger partial charge in [0.25, 0.3) is 0 Å². The van der Waals surface area contributed by atoms with Gasteiger partial charge in [-0.2, -0.15) is 5.26 Å². The third kappa shape index (κ3) is 1.98. The molecule has 3 nitrogen and oxygen atoms in total. The molecule has 0 unspecified atom stereocenters. The molecule has 1 saturated heterocycles. The van der Waals surface area contributed by atoms with E-state index in [-0.39, 0.29) is 12.1 Å². The molecule has 1 aromatic rings. The Morgan fingerprint density at radius 1 is 1.47 bits per heavy atom. The van der Waals surface area contributed by atoms with Crippen LogP contribution in [0.1, 0.15) is 11.6 Å². The van der Waals surface area contributed by atoms with Crippen LogP contribution in [0.3, 0.4) is 0 Å². The van der Waals surface area contributed by atoms with Crippen molar-refractivity contribution in [2.24, 2.45) is 5.73 Å². The molecule has 1 heterocycles. The van der Waals surface area contributed by atoms with E-state index in [1.54, 1.807) is 6.07 Å². The fraction of sp³-hybridized carbons (Fsp3) is 0.364. The lowest BCUT2D eigenvalue weighted by atomic mass is 10.0. The molecule has 78 valence electrons. The van der Waals surface area contributed by atoms with Crippen molar-refractivity contribution in [1.29, 1.82) is 5.26 Å². The zero-order valence-corrected chi connectivity index (χ0v) is 8.98. The van der Waals surface area contributed by atoms with Crippen molar-refractivity contribution in [3.63, 3.8) is 0 Å². The van der Waals surface area contributed by atoms with Gasteiger partial charge < -0.3 is 5.73 Å². The zero-order chi connectivity index (χ0) is 10.8. The second-order valence-electron chi connectivity index (χ2n) is 3.77. The summed E-state index contributed by atoms with van der Waals surface area (Å²) < 4.78 is 0. The Morgan fingerprint density at radius 2 is 2.13 bits per heavy atom. The van der Waals surface area contributed by atoms with Crippen molar-refractivity contribution in [2.75, 3.05) is 13.1 Å². The third-order valence-electron chi connectivity index (χ3n) is 2.63. The highest BCUT2D eigenvalue weighted by atomic mass is 35.5. The Kier molecular flexibility index (Phi) is 2.92. The maximum Gasteiger partial charge on any atom is 0.125 e. The minimum Gasteiger partial charge on any atom is -0.325 e. The average molecular weight is 222 g/mol. The molecule has 1 atom stereocenters. The predicted octanol–water partition coefficient (Wildman–Crippen LogP) is 1.55. The highest BCUT2D eigenvalue weighted by Crippen LogP contribution is 2.29. The molecular weight excluding hydrogens is 210 g/mol. The van der Waals surface area contributed by atoms with Crippen molar-refractivity contribution in [3.8, 4) is 6.07 Å². The van der Waals surface area contributed by atoms with Crippen LogP contribution in [-0.2, 0) is 0 Å². The van der Waals surface area contributed by atoms with E-state index in [4.69, 9.17) is 22.6 Å². The number of hydrogen-bond donors (Lipinski definition) is 1. The summed E-state index contributed by atoms with van der Waals surface area (Å²) in [7, 11) is 0. The van der Waals surface area contributed by atoms with E-state index < -0.39 is 0 Å². The van der Waals surface area contributed by atoms with Gasteiger partial charge in [0.15, 0.2) is 0 Å². The molecule has 0 aliphatic carbocycles. The molecule has 2 N–H and O–H groups in total. The summed E-state index contributed by atoms with van der Waals surface area (Å²) in [6.07, 6.45) is 0. The van der Waals surface area contributed by atoms with Gasteiger partial charge >= 0.3 is 0 Å². The van der Waals surface area contributed by atoms with E-state index in [9.17, 15) is 0 Å². The number of nitrogens with zero attached hydrogens (tertiary/aromatic N) is 2. The molecule has 1 aromatic carbocycles. The van der Waals surface area contributed by atoms with E-state index in [1.807, 2.05) is 23.1 Å². The molecule has 1 fully saturated rings. The van der Waals surface area contributed by atoms with E-state index in [0.717, 1.165) is 18.7 Å². The van der Waals surface area contributed by atoms with Crippen molar-refractivity contribution in [2.45, 2.75) is 12.1 Å². The summed E-state index contributed by atoms with van der Waals surface area (Å²) in [4.78, 5) is 2.03. The minimum atomic E-state index is -0.265. The summed E-state index contributed by atoms with van der Waals surface area (Å²) >= 11 is 6.05. The molecule has 0 aromatic heterocycles. The van der Waals surface area contributed by atoms with Crippen LogP contribution in [0.15, 0.2) is 24.3 Å². The van der Waals surface area contributed by atoms with Crippen molar-refractivity contribution in [3.05, 3.63) is 34.9 Å². The summed E-state index contributed by atoms with van der Waals surface area (Å²) in [5.74, 6) is 0. The number of benzene rings is 1. The van der Waals surface area contributed by atoms with Crippen LogP contribution in [-0.4, -0.2) is 24.0 Å². The van der Waals surface area contributed by atoms with Crippen LogP contribution in [0.4, 0.5) is 0 Å². The van der Waals surface area contributed by atoms with Crippen molar-refractivity contribution in [1.82, 2.24) is 4.90 Å². The molecule has 15 heavy (non-hydrogen) atoms. The number of nitrogens with two attached hydrogens (primary N) is 1. The minimum absolute atomic E-state index is 0.198. The maximum atomic E-state index is 9.13. The Hall–Kier alpha value is -1.08. The van der Waals surface area contributed by atoms with Gasteiger partial charge in [0.1, 0.15) is 6.04 Å². The smallest absolute Gasteiger partial charge is 0.125 e. The van der Waals surface area contributed by atoms with Gasteiger partial charge in [-0.05, 0) is 6.07 Å². The van der Waals surface area contributed by atoms with E-state index >= 15 is 0 Å². The average Bonchev–Trinajstić information content (AvgIpc) is 2.19. The van der Waals surface area contributed by atoms with Crippen LogP contribution in [0.5, 0.6) is 0 Å². The van der Waals surface area contributed by atoms with Gasteiger partial charge in [-0.3, -0.25) is 4.90 Å². The largest absolute Gasteiger partial charge is 0.325 e. The molecule has 0 amide bonds. The van der Waals surface area contributed by atoms with Crippen LogP contribution >= 0.6 is 11.6 Å². The van der Waals surface area contributed by atoms with E-state index in [0.29, 0.717) is 5.02 Å². The quantitative estimate of drug-likeness (QED) is 0.825. The van der Waals surface area contributed by atoms with Gasteiger partial charge in [-0.1, -0.05) is 29.8 Å². The summed E-state index contributed by atoms with van der Waals surface area (Å²) in [6, 6.07) is 9.65. The summed E-state index contributed by atoms with van der Waals surface area (Å²) in [6.45, 7) is 1.53. The Balaban J connectivity index is 2.21. The zero-order valence-electron chi connectivity index (χ0n) is 8.23. The molecule has 0 bridgehead atoms. The van der Waals surface area contributed by atoms with Crippen LogP contribution in [0.25, 0.3) is 0 Å². The fourth-order valence-corrected chi connectivity index (χ4v) is 2.04. The van der Waals surface area contributed by atoms with Crippen molar-refractivity contribution >= 4 is 11.6 Å². The normalized spacial score (nSPS) is 19.3. The SMILES string of the molecule is N#C[C@@H](c1ccccc1Cl)N1CC(N)C1. The monoisotopic (exact) mass is 221 g/mol. The first-order chi connectivity index (χ1) is 7.22.